The van der Waals surface area contributed by atoms with Crippen LogP contribution in [0.15, 0.2) is 24.1 Å². The zero-order valence-electron chi connectivity index (χ0n) is 12.0. The molecule has 114 valence electrons. The molecule has 0 bridgehead atoms. The Bertz CT molecular complexity index is 674. The Morgan fingerprint density at radius 2 is 2.50 bits per heavy atom. The van der Waals surface area contributed by atoms with E-state index in [9.17, 15) is 4.79 Å². The van der Waals surface area contributed by atoms with Gasteiger partial charge in [-0.3, -0.25) is 14.4 Å². The maximum Gasteiger partial charge on any atom is 0.239 e. The number of nitrogens with zero attached hydrogens (tertiary/aromatic N) is 5. The molecule has 1 unspecified atom stereocenters. The molecule has 8 heteroatoms. The van der Waals surface area contributed by atoms with Crippen LogP contribution in [0.4, 0.5) is 5.00 Å². The van der Waals surface area contributed by atoms with Gasteiger partial charge in [-0.25, -0.2) is 4.98 Å². The Kier molecular flexibility index (Phi) is 4.46. The summed E-state index contributed by atoms with van der Waals surface area (Å²) < 4.78 is 1.80. The predicted octanol–water partition coefficient (Wildman–Crippen LogP) is 1.31. The van der Waals surface area contributed by atoms with Crippen molar-refractivity contribution in [2.24, 2.45) is 0 Å². The highest BCUT2D eigenvalue weighted by Crippen LogP contribution is 2.23. The number of anilines is 1. The summed E-state index contributed by atoms with van der Waals surface area (Å²) in [6.07, 6.45) is 5.35. The summed E-state index contributed by atoms with van der Waals surface area (Å²) in [7, 11) is 0. The van der Waals surface area contributed by atoms with Crippen molar-refractivity contribution in [3.05, 3.63) is 29.7 Å². The third-order valence-corrected chi connectivity index (χ3v) is 4.58. The van der Waals surface area contributed by atoms with Gasteiger partial charge < -0.3 is 5.32 Å². The van der Waals surface area contributed by atoms with Gasteiger partial charge in [0.05, 0.1) is 18.7 Å². The van der Waals surface area contributed by atoms with E-state index in [2.05, 4.69) is 26.4 Å². The molecule has 3 heterocycles. The minimum Gasteiger partial charge on any atom is -0.315 e. The topological polar surface area (TPSA) is 86.8 Å². The average molecular weight is 316 g/mol. The summed E-state index contributed by atoms with van der Waals surface area (Å²) in [5.41, 5.74) is 0.513. The molecule has 3 rings (SSSR count). The Labute approximate surface area is 132 Å². The molecule has 1 aliphatic rings. The number of thiophene rings is 1. The molecule has 0 radical (unpaired) electrons. The molecule has 0 aromatic carbocycles. The maximum atomic E-state index is 12.2. The zero-order chi connectivity index (χ0) is 15.4. The SMILES string of the molecule is N#Cc1ccsc1NC(=O)CN1CCCC1Cn1cncn1. The number of amides is 1. The van der Waals surface area contributed by atoms with Gasteiger partial charge >= 0.3 is 0 Å². The minimum absolute atomic E-state index is 0.0792. The predicted molar refractivity (Wildman–Crippen MR) is 82.3 cm³/mol. The summed E-state index contributed by atoms with van der Waals surface area (Å²) in [6.45, 7) is 1.99. The van der Waals surface area contributed by atoms with Gasteiger partial charge in [0.2, 0.25) is 5.91 Å². The lowest BCUT2D eigenvalue weighted by Gasteiger charge is -2.23. The van der Waals surface area contributed by atoms with Gasteiger partial charge in [0.1, 0.15) is 23.7 Å². The molecule has 2 aromatic heterocycles. The van der Waals surface area contributed by atoms with Crippen LogP contribution < -0.4 is 5.32 Å². The van der Waals surface area contributed by atoms with Crippen LogP contribution in [0.2, 0.25) is 0 Å². The van der Waals surface area contributed by atoms with Gasteiger partial charge in [-0.2, -0.15) is 10.4 Å². The van der Waals surface area contributed by atoms with Gasteiger partial charge in [0.15, 0.2) is 0 Å². The summed E-state index contributed by atoms with van der Waals surface area (Å²) >= 11 is 1.37. The lowest BCUT2D eigenvalue weighted by molar-refractivity contribution is -0.117. The molecule has 1 atom stereocenters. The summed E-state index contributed by atoms with van der Waals surface area (Å²) in [5.74, 6) is -0.0792. The van der Waals surface area contributed by atoms with Crippen LogP contribution in [0.1, 0.15) is 18.4 Å². The molecular weight excluding hydrogens is 300 g/mol. The number of likely N-dealkylation sites (tertiary alicyclic amines) is 1. The molecule has 22 heavy (non-hydrogen) atoms. The van der Waals surface area contributed by atoms with Crippen LogP contribution in [0.25, 0.3) is 0 Å². The molecule has 1 N–H and O–H groups in total. The van der Waals surface area contributed by atoms with Crippen LogP contribution in [-0.4, -0.2) is 44.7 Å². The zero-order valence-corrected chi connectivity index (χ0v) is 12.8. The average Bonchev–Trinajstić information content (AvgIpc) is 3.22. The van der Waals surface area contributed by atoms with Crippen molar-refractivity contribution in [2.75, 3.05) is 18.4 Å². The molecule has 0 aliphatic carbocycles. The first-order chi connectivity index (χ1) is 10.8. The number of rotatable bonds is 5. The van der Waals surface area contributed by atoms with Gasteiger partial charge in [0, 0.05) is 6.04 Å². The fraction of sp³-hybridized carbons (Fsp3) is 0.429. The smallest absolute Gasteiger partial charge is 0.239 e. The van der Waals surface area contributed by atoms with E-state index < -0.39 is 0 Å². The Hall–Kier alpha value is -2.24. The molecule has 0 spiro atoms. The molecule has 1 amide bonds. The number of carbonyl (C=O) groups excluding carboxylic acids is 1. The van der Waals surface area contributed by atoms with Crippen molar-refractivity contribution in [1.82, 2.24) is 19.7 Å². The largest absolute Gasteiger partial charge is 0.315 e. The second-order valence-electron chi connectivity index (χ2n) is 5.21. The van der Waals surface area contributed by atoms with E-state index in [1.54, 1.807) is 22.5 Å². The standard InChI is InChI=1S/C14H16N6OS/c15-6-11-3-5-22-14(11)18-13(21)8-19-4-1-2-12(19)7-20-10-16-9-17-20/h3,5,9-10,12H,1-2,4,7-8H2,(H,18,21). The van der Waals surface area contributed by atoms with Crippen LogP contribution in [0.5, 0.6) is 0 Å². The highest BCUT2D eigenvalue weighted by atomic mass is 32.1. The van der Waals surface area contributed by atoms with E-state index in [4.69, 9.17) is 5.26 Å². The first kappa shape index (κ1) is 14.7. The molecule has 0 saturated carbocycles. The van der Waals surface area contributed by atoms with Crippen LogP contribution >= 0.6 is 11.3 Å². The van der Waals surface area contributed by atoms with Crippen molar-refractivity contribution in [3.8, 4) is 6.07 Å². The highest BCUT2D eigenvalue weighted by molar-refractivity contribution is 7.14. The van der Waals surface area contributed by atoms with E-state index in [0.29, 0.717) is 23.2 Å². The van der Waals surface area contributed by atoms with Gasteiger partial charge in [0.25, 0.3) is 0 Å². The van der Waals surface area contributed by atoms with E-state index in [1.807, 2.05) is 0 Å². The van der Waals surface area contributed by atoms with Crippen molar-refractivity contribution >= 4 is 22.2 Å². The van der Waals surface area contributed by atoms with Crippen molar-refractivity contribution in [2.45, 2.75) is 25.4 Å². The van der Waals surface area contributed by atoms with E-state index in [1.165, 1.54) is 17.7 Å². The third-order valence-electron chi connectivity index (χ3n) is 3.75. The molecule has 1 aliphatic heterocycles. The van der Waals surface area contributed by atoms with E-state index >= 15 is 0 Å². The first-order valence-corrected chi connectivity index (χ1v) is 7.98. The number of nitriles is 1. The second kappa shape index (κ2) is 6.68. The molecular formula is C14H16N6OS. The van der Waals surface area contributed by atoms with Gasteiger partial charge in [-0.1, -0.05) is 0 Å². The van der Waals surface area contributed by atoms with E-state index in [-0.39, 0.29) is 5.91 Å². The van der Waals surface area contributed by atoms with Crippen LogP contribution in [0.3, 0.4) is 0 Å². The van der Waals surface area contributed by atoms with Gasteiger partial charge in [-0.15, -0.1) is 11.3 Å². The summed E-state index contributed by atoms with van der Waals surface area (Å²) in [4.78, 5) is 18.3. The fourth-order valence-corrected chi connectivity index (χ4v) is 3.45. The Balaban J connectivity index is 1.57. The lowest BCUT2D eigenvalue weighted by atomic mass is 10.2. The minimum atomic E-state index is -0.0792. The number of hydrogen-bond donors (Lipinski definition) is 1. The summed E-state index contributed by atoms with van der Waals surface area (Å²) in [6, 6.07) is 4.09. The van der Waals surface area contributed by atoms with Crippen molar-refractivity contribution in [3.63, 3.8) is 0 Å². The fourth-order valence-electron chi connectivity index (χ4n) is 2.70. The maximum absolute atomic E-state index is 12.2. The number of nitrogens with one attached hydrogen (secondary N) is 1. The monoisotopic (exact) mass is 316 g/mol. The van der Waals surface area contributed by atoms with Crippen LogP contribution in [-0.2, 0) is 11.3 Å². The summed E-state index contributed by atoms with van der Waals surface area (Å²) in [5, 5.41) is 18.3. The molecule has 1 fully saturated rings. The normalized spacial score (nSPS) is 18.2. The number of carbonyl (C=O) groups is 1. The highest BCUT2D eigenvalue weighted by Gasteiger charge is 2.27. The number of aromatic nitrogens is 3. The molecule has 7 nitrogen and oxygen atoms in total. The lowest BCUT2D eigenvalue weighted by Crippen LogP contribution is -2.39. The first-order valence-electron chi connectivity index (χ1n) is 7.10. The van der Waals surface area contributed by atoms with Crippen LogP contribution in [0, 0.1) is 11.3 Å². The van der Waals surface area contributed by atoms with Gasteiger partial charge in [-0.05, 0) is 30.8 Å². The Morgan fingerprint density at radius 1 is 1.59 bits per heavy atom. The number of hydrogen-bond acceptors (Lipinski definition) is 6. The molecule has 1 saturated heterocycles. The second-order valence-corrected chi connectivity index (χ2v) is 6.12. The molecule has 2 aromatic rings. The quantitative estimate of drug-likeness (QED) is 0.899. The van der Waals surface area contributed by atoms with Crippen molar-refractivity contribution in [1.29, 1.82) is 5.26 Å². The Morgan fingerprint density at radius 3 is 3.27 bits per heavy atom. The third kappa shape index (κ3) is 3.32. The van der Waals surface area contributed by atoms with E-state index in [0.717, 1.165) is 25.9 Å². The van der Waals surface area contributed by atoms with Crippen molar-refractivity contribution < 1.29 is 4.79 Å².